The Bertz CT molecular complexity index is 382. The molecule has 1 fully saturated rings. The fourth-order valence-corrected chi connectivity index (χ4v) is 2.88. The average molecular weight is 275 g/mol. The second-order valence-corrected chi connectivity index (χ2v) is 5.13. The van der Waals surface area contributed by atoms with Crippen molar-refractivity contribution in [1.82, 2.24) is 10.2 Å². The van der Waals surface area contributed by atoms with E-state index in [2.05, 4.69) is 17.1 Å². The van der Waals surface area contributed by atoms with Crippen LogP contribution in [0.3, 0.4) is 0 Å². The summed E-state index contributed by atoms with van der Waals surface area (Å²) >= 11 is 12.0. The Morgan fingerprint density at radius 2 is 1.94 bits per heavy atom. The Kier molecular flexibility index (Phi) is 4.15. The summed E-state index contributed by atoms with van der Waals surface area (Å²) in [5.74, 6) is 0.175. The normalized spacial score (nSPS) is 19.2. The van der Waals surface area contributed by atoms with E-state index in [-0.39, 0.29) is 11.8 Å². The van der Waals surface area contributed by atoms with Crippen molar-refractivity contribution < 1.29 is 5.11 Å². The molecular weight excluding hydrogens is 259 g/mol. The molecule has 1 aromatic carbocycles. The molecule has 0 saturated carbocycles. The lowest BCUT2D eigenvalue weighted by molar-refractivity contribution is 0.183. The van der Waals surface area contributed by atoms with Crippen molar-refractivity contribution in [2.75, 3.05) is 26.2 Å². The van der Waals surface area contributed by atoms with Gasteiger partial charge in [-0.1, -0.05) is 23.2 Å². The number of phenolic OH excluding ortho intramolecular Hbond substituents is 1. The van der Waals surface area contributed by atoms with Gasteiger partial charge in [-0.25, -0.2) is 0 Å². The maximum atomic E-state index is 9.96. The van der Waals surface area contributed by atoms with Crippen LogP contribution in [0.25, 0.3) is 0 Å². The Hall–Kier alpha value is -0.480. The van der Waals surface area contributed by atoms with Gasteiger partial charge in [0.2, 0.25) is 0 Å². The van der Waals surface area contributed by atoms with Crippen LogP contribution in [0.15, 0.2) is 12.1 Å². The monoisotopic (exact) mass is 274 g/mol. The Morgan fingerprint density at radius 3 is 2.53 bits per heavy atom. The number of piperazine rings is 1. The Morgan fingerprint density at radius 1 is 1.29 bits per heavy atom. The molecule has 1 heterocycles. The van der Waals surface area contributed by atoms with E-state index in [0.717, 1.165) is 31.7 Å². The minimum Gasteiger partial charge on any atom is -0.508 e. The van der Waals surface area contributed by atoms with Gasteiger partial charge in [0.05, 0.1) is 5.02 Å². The van der Waals surface area contributed by atoms with E-state index in [4.69, 9.17) is 23.2 Å². The third kappa shape index (κ3) is 2.86. The third-order valence-electron chi connectivity index (χ3n) is 3.19. The van der Waals surface area contributed by atoms with Gasteiger partial charge >= 0.3 is 0 Å². The predicted octanol–water partition coefficient (Wildman–Crippen LogP) is 2.67. The molecule has 1 aliphatic heterocycles. The van der Waals surface area contributed by atoms with Crippen LogP contribution >= 0.6 is 23.2 Å². The van der Waals surface area contributed by atoms with E-state index in [1.54, 1.807) is 12.1 Å². The first-order valence-corrected chi connectivity index (χ1v) is 6.48. The number of benzene rings is 1. The lowest BCUT2D eigenvalue weighted by atomic mass is 10.0. The number of hydrogen-bond donors (Lipinski definition) is 2. The predicted molar refractivity (Wildman–Crippen MR) is 71.0 cm³/mol. The summed E-state index contributed by atoms with van der Waals surface area (Å²) in [5, 5.41) is 14.3. The molecule has 5 heteroatoms. The molecule has 1 atom stereocenters. The quantitative estimate of drug-likeness (QED) is 0.871. The highest BCUT2D eigenvalue weighted by Crippen LogP contribution is 2.37. The Balaban J connectivity index is 2.26. The first-order chi connectivity index (χ1) is 8.09. The van der Waals surface area contributed by atoms with Gasteiger partial charge in [0.15, 0.2) is 0 Å². The maximum absolute atomic E-state index is 9.96. The minimum atomic E-state index is 0.0990. The van der Waals surface area contributed by atoms with Crippen LogP contribution in [0.2, 0.25) is 10.0 Å². The van der Waals surface area contributed by atoms with E-state index >= 15 is 0 Å². The summed E-state index contributed by atoms with van der Waals surface area (Å²) in [6.45, 7) is 5.91. The summed E-state index contributed by atoms with van der Waals surface area (Å²) < 4.78 is 0. The first-order valence-electron chi connectivity index (χ1n) is 5.72. The van der Waals surface area contributed by atoms with Crippen molar-refractivity contribution in [3.63, 3.8) is 0 Å². The summed E-state index contributed by atoms with van der Waals surface area (Å²) in [7, 11) is 0. The fourth-order valence-electron chi connectivity index (χ4n) is 2.24. The van der Waals surface area contributed by atoms with Gasteiger partial charge in [0, 0.05) is 42.8 Å². The van der Waals surface area contributed by atoms with Crippen molar-refractivity contribution in [2.24, 2.45) is 0 Å². The first kappa shape index (κ1) is 13.0. The second kappa shape index (κ2) is 5.44. The number of nitrogens with one attached hydrogen (secondary N) is 1. The van der Waals surface area contributed by atoms with Crippen LogP contribution in [0, 0.1) is 0 Å². The molecule has 17 heavy (non-hydrogen) atoms. The molecule has 1 aromatic rings. The largest absolute Gasteiger partial charge is 0.508 e. The van der Waals surface area contributed by atoms with Crippen LogP contribution < -0.4 is 5.32 Å². The minimum absolute atomic E-state index is 0.0990. The number of hydrogen-bond acceptors (Lipinski definition) is 3. The SMILES string of the molecule is C[C@H](c1c(O)cc(Cl)cc1Cl)N1CCNCC1. The zero-order valence-corrected chi connectivity index (χ0v) is 11.2. The van der Waals surface area contributed by atoms with E-state index in [1.165, 1.54) is 0 Å². The molecule has 2 rings (SSSR count). The van der Waals surface area contributed by atoms with Crippen molar-refractivity contribution in [3.05, 3.63) is 27.7 Å². The van der Waals surface area contributed by atoms with Gasteiger partial charge in [0.25, 0.3) is 0 Å². The van der Waals surface area contributed by atoms with Crippen molar-refractivity contribution >= 4 is 23.2 Å². The van der Waals surface area contributed by atoms with Crippen molar-refractivity contribution in [3.8, 4) is 5.75 Å². The zero-order valence-electron chi connectivity index (χ0n) is 9.71. The zero-order chi connectivity index (χ0) is 12.4. The van der Waals surface area contributed by atoms with Crippen LogP contribution in [0.4, 0.5) is 0 Å². The number of aromatic hydroxyl groups is 1. The van der Waals surface area contributed by atoms with E-state index in [9.17, 15) is 5.11 Å². The standard InChI is InChI=1S/C12H16Cl2N2O/c1-8(16-4-2-15-3-5-16)12-10(14)6-9(13)7-11(12)17/h6-8,15,17H,2-5H2,1H3/t8-/m1/s1. The lowest BCUT2D eigenvalue weighted by Gasteiger charge is -2.33. The highest BCUT2D eigenvalue weighted by atomic mass is 35.5. The molecule has 0 unspecified atom stereocenters. The highest BCUT2D eigenvalue weighted by molar-refractivity contribution is 6.35. The van der Waals surface area contributed by atoms with E-state index in [1.807, 2.05) is 0 Å². The molecule has 1 aliphatic rings. The number of nitrogens with zero attached hydrogens (tertiary/aromatic N) is 1. The molecule has 0 radical (unpaired) electrons. The highest BCUT2D eigenvalue weighted by Gasteiger charge is 2.22. The molecule has 0 bridgehead atoms. The molecule has 3 nitrogen and oxygen atoms in total. The summed E-state index contributed by atoms with van der Waals surface area (Å²) in [4.78, 5) is 2.30. The van der Waals surface area contributed by atoms with Crippen LogP contribution in [0.5, 0.6) is 5.75 Å². The smallest absolute Gasteiger partial charge is 0.123 e. The topological polar surface area (TPSA) is 35.5 Å². The number of rotatable bonds is 2. The molecule has 0 aliphatic carbocycles. The van der Waals surface area contributed by atoms with Crippen molar-refractivity contribution in [1.29, 1.82) is 0 Å². The van der Waals surface area contributed by atoms with Crippen LogP contribution in [-0.4, -0.2) is 36.2 Å². The molecule has 0 amide bonds. The number of halogens is 2. The van der Waals surface area contributed by atoms with Gasteiger partial charge in [-0.05, 0) is 19.1 Å². The summed E-state index contributed by atoms with van der Waals surface area (Å²) in [5.41, 5.74) is 0.762. The van der Waals surface area contributed by atoms with E-state index in [0.29, 0.717) is 10.0 Å². The van der Waals surface area contributed by atoms with Gasteiger partial charge in [-0.3, -0.25) is 4.90 Å². The Labute approximate surface area is 111 Å². The second-order valence-electron chi connectivity index (χ2n) is 4.28. The summed E-state index contributed by atoms with van der Waals surface area (Å²) in [6, 6.07) is 3.32. The molecule has 1 saturated heterocycles. The molecular formula is C12H16Cl2N2O. The maximum Gasteiger partial charge on any atom is 0.123 e. The molecule has 0 spiro atoms. The van der Waals surface area contributed by atoms with Gasteiger partial charge in [0.1, 0.15) is 5.75 Å². The fraction of sp³-hybridized carbons (Fsp3) is 0.500. The third-order valence-corrected chi connectivity index (χ3v) is 3.72. The van der Waals surface area contributed by atoms with E-state index < -0.39 is 0 Å². The summed E-state index contributed by atoms with van der Waals surface area (Å²) in [6.07, 6.45) is 0. The van der Waals surface area contributed by atoms with Gasteiger partial charge in [-0.2, -0.15) is 0 Å². The number of phenols is 1. The van der Waals surface area contributed by atoms with Crippen molar-refractivity contribution in [2.45, 2.75) is 13.0 Å². The molecule has 0 aromatic heterocycles. The van der Waals surface area contributed by atoms with Gasteiger partial charge < -0.3 is 10.4 Å². The average Bonchev–Trinajstić information content (AvgIpc) is 2.28. The lowest BCUT2D eigenvalue weighted by Crippen LogP contribution is -2.44. The van der Waals surface area contributed by atoms with Crippen LogP contribution in [-0.2, 0) is 0 Å². The molecule has 94 valence electrons. The van der Waals surface area contributed by atoms with Crippen LogP contribution in [0.1, 0.15) is 18.5 Å². The van der Waals surface area contributed by atoms with Gasteiger partial charge in [-0.15, -0.1) is 0 Å². The molecule has 2 N–H and O–H groups in total.